The third kappa shape index (κ3) is 2.11. The first-order valence-electron chi connectivity index (χ1n) is 7.01. The van der Waals surface area contributed by atoms with Gasteiger partial charge in [-0.3, -0.25) is 0 Å². The molecule has 6 nitrogen and oxygen atoms in total. The minimum absolute atomic E-state index is 0.386. The zero-order chi connectivity index (χ0) is 15.4. The van der Waals surface area contributed by atoms with E-state index in [-0.39, 0.29) is 11.2 Å². The van der Waals surface area contributed by atoms with Gasteiger partial charge in [-0.1, -0.05) is 0 Å². The second-order valence-electron chi connectivity index (χ2n) is 6.32. The standard InChI is InChI=1S/C14H20BN3O3/c1-9-12(19-6)18-11(16-9)8-7-10(17-18)15-20-13(2,3)14(4,5)21-15/h7-8H,1-6H3. The lowest BCUT2D eigenvalue weighted by Crippen LogP contribution is -2.41. The Labute approximate surface area is 124 Å². The molecule has 1 saturated heterocycles. The highest BCUT2D eigenvalue weighted by Crippen LogP contribution is 2.36. The van der Waals surface area contributed by atoms with Crippen molar-refractivity contribution in [3.63, 3.8) is 0 Å². The SMILES string of the molecule is COc1c(C)nc2ccc(B3OC(C)(C)C(C)(C)O3)nn12. The largest absolute Gasteiger partial charge is 0.516 e. The summed E-state index contributed by atoms with van der Waals surface area (Å²) in [6, 6.07) is 3.77. The maximum Gasteiger partial charge on any atom is 0.516 e. The Kier molecular flexibility index (Phi) is 3.04. The Morgan fingerprint density at radius 3 is 2.33 bits per heavy atom. The van der Waals surface area contributed by atoms with Gasteiger partial charge in [0.05, 0.1) is 23.9 Å². The fraction of sp³-hybridized carbons (Fsp3) is 0.571. The van der Waals surface area contributed by atoms with E-state index in [1.165, 1.54) is 0 Å². The molecule has 0 aromatic carbocycles. The van der Waals surface area contributed by atoms with Gasteiger partial charge in [-0.15, -0.1) is 0 Å². The van der Waals surface area contributed by atoms with Crippen LogP contribution >= 0.6 is 0 Å². The first kappa shape index (κ1) is 14.3. The van der Waals surface area contributed by atoms with Gasteiger partial charge in [0.15, 0.2) is 5.65 Å². The van der Waals surface area contributed by atoms with Crippen molar-refractivity contribution in [2.24, 2.45) is 0 Å². The maximum atomic E-state index is 6.02. The highest BCUT2D eigenvalue weighted by Gasteiger charge is 2.52. The molecule has 0 saturated carbocycles. The van der Waals surface area contributed by atoms with Crippen LogP contribution < -0.4 is 10.3 Å². The van der Waals surface area contributed by atoms with Crippen LogP contribution in [0.15, 0.2) is 12.1 Å². The lowest BCUT2D eigenvalue weighted by molar-refractivity contribution is 0.00578. The van der Waals surface area contributed by atoms with Gasteiger partial charge in [0, 0.05) is 0 Å². The highest BCUT2D eigenvalue weighted by molar-refractivity contribution is 6.61. The van der Waals surface area contributed by atoms with Crippen LogP contribution in [0, 0.1) is 6.92 Å². The third-order valence-corrected chi connectivity index (χ3v) is 4.31. The van der Waals surface area contributed by atoms with E-state index in [0.29, 0.717) is 11.5 Å². The average molecular weight is 289 g/mol. The first-order chi connectivity index (χ1) is 9.75. The minimum atomic E-state index is -0.494. The molecule has 1 aliphatic rings. The molecule has 1 fully saturated rings. The highest BCUT2D eigenvalue weighted by atomic mass is 16.7. The van der Waals surface area contributed by atoms with Crippen molar-refractivity contribution in [3.05, 3.63) is 17.8 Å². The van der Waals surface area contributed by atoms with E-state index in [1.54, 1.807) is 11.6 Å². The van der Waals surface area contributed by atoms with Crippen LogP contribution in [0.1, 0.15) is 33.4 Å². The lowest BCUT2D eigenvalue weighted by Gasteiger charge is -2.32. The Balaban J connectivity index is 2.03. The van der Waals surface area contributed by atoms with Crippen LogP contribution in [0.3, 0.4) is 0 Å². The Morgan fingerprint density at radius 1 is 1.14 bits per heavy atom. The van der Waals surface area contributed by atoms with Crippen molar-refractivity contribution in [1.82, 2.24) is 14.6 Å². The van der Waals surface area contributed by atoms with Gasteiger partial charge in [-0.25, -0.2) is 4.98 Å². The summed E-state index contributed by atoms with van der Waals surface area (Å²) in [5.41, 5.74) is 1.48. The molecule has 0 N–H and O–H groups in total. The number of ether oxygens (including phenoxy) is 1. The molecule has 7 heteroatoms. The van der Waals surface area contributed by atoms with Gasteiger partial charge in [-0.05, 0) is 46.8 Å². The molecule has 1 aliphatic heterocycles. The van der Waals surface area contributed by atoms with Crippen molar-refractivity contribution in [2.75, 3.05) is 7.11 Å². The van der Waals surface area contributed by atoms with E-state index in [9.17, 15) is 0 Å². The second-order valence-corrected chi connectivity index (χ2v) is 6.32. The molecule has 3 heterocycles. The summed E-state index contributed by atoms with van der Waals surface area (Å²) >= 11 is 0. The number of aromatic nitrogens is 3. The van der Waals surface area contributed by atoms with Crippen molar-refractivity contribution in [1.29, 1.82) is 0 Å². The van der Waals surface area contributed by atoms with E-state index in [1.807, 2.05) is 46.8 Å². The Morgan fingerprint density at radius 2 is 1.76 bits per heavy atom. The summed E-state index contributed by atoms with van der Waals surface area (Å²) in [5.74, 6) is 0.628. The molecule has 2 aromatic heterocycles. The normalized spacial score (nSPS) is 20.2. The summed E-state index contributed by atoms with van der Waals surface area (Å²) in [5, 5.41) is 4.56. The molecular formula is C14H20BN3O3. The van der Waals surface area contributed by atoms with Gasteiger partial charge in [0.25, 0.3) is 0 Å². The van der Waals surface area contributed by atoms with Gasteiger partial charge < -0.3 is 14.0 Å². The lowest BCUT2D eigenvalue weighted by atomic mass is 9.85. The zero-order valence-corrected chi connectivity index (χ0v) is 13.3. The van der Waals surface area contributed by atoms with E-state index < -0.39 is 7.12 Å². The summed E-state index contributed by atoms with van der Waals surface area (Å²) < 4.78 is 19.1. The number of nitrogens with zero attached hydrogens (tertiary/aromatic N) is 3. The van der Waals surface area contributed by atoms with Crippen LogP contribution in [-0.4, -0.2) is 40.0 Å². The number of methoxy groups -OCH3 is 1. The third-order valence-electron chi connectivity index (χ3n) is 4.31. The van der Waals surface area contributed by atoms with E-state index >= 15 is 0 Å². The van der Waals surface area contributed by atoms with Crippen LogP contribution in [0.25, 0.3) is 5.65 Å². The Hall–Kier alpha value is -1.60. The number of hydrogen-bond acceptors (Lipinski definition) is 5. The molecular weight excluding hydrogens is 269 g/mol. The molecule has 3 rings (SSSR count). The van der Waals surface area contributed by atoms with Crippen molar-refractivity contribution in [3.8, 4) is 5.88 Å². The zero-order valence-electron chi connectivity index (χ0n) is 13.3. The van der Waals surface area contributed by atoms with Crippen LogP contribution in [0.2, 0.25) is 0 Å². The maximum absolute atomic E-state index is 6.02. The fourth-order valence-corrected chi connectivity index (χ4v) is 2.36. The predicted octanol–water partition coefficient (Wildman–Crippen LogP) is 1.35. The average Bonchev–Trinajstić information content (AvgIpc) is 2.81. The first-order valence-corrected chi connectivity index (χ1v) is 7.01. The monoisotopic (exact) mass is 289 g/mol. The van der Waals surface area contributed by atoms with Gasteiger partial charge in [0.2, 0.25) is 5.88 Å². The smallest absolute Gasteiger partial charge is 0.480 e. The molecule has 21 heavy (non-hydrogen) atoms. The fourth-order valence-electron chi connectivity index (χ4n) is 2.36. The topological polar surface area (TPSA) is 57.9 Å². The van der Waals surface area contributed by atoms with Gasteiger partial charge in [0.1, 0.15) is 5.69 Å². The van der Waals surface area contributed by atoms with Crippen molar-refractivity contribution < 1.29 is 14.0 Å². The number of fused-ring (bicyclic) bond motifs is 1. The van der Waals surface area contributed by atoms with E-state index in [0.717, 1.165) is 11.3 Å². The van der Waals surface area contributed by atoms with Crippen molar-refractivity contribution in [2.45, 2.75) is 45.8 Å². The number of rotatable bonds is 2. The van der Waals surface area contributed by atoms with Crippen molar-refractivity contribution >= 4 is 18.4 Å². The molecule has 112 valence electrons. The summed E-state index contributed by atoms with van der Waals surface area (Å²) in [6.45, 7) is 9.98. The molecule has 0 radical (unpaired) electrons. The molecule has 0 spiro atoms. The number of aryl methyl sites for hydroxylation is 1. The van der Waals surface area contributed by atoms with Gasteiger partial charge >= 0.3 is 7.12 Å². The minimum Gasteiger partial charge on any atom is -0.480 e. The molecule has 0 bridgehead atoms. The van der Waals surface area contributed by atoms with Crippen LogP contribution in [0.5, 0.6) is 5.88 Å². The summed E-state index contributed by atoms with van der Waals surface area (Å²) in [7, 11) is 1.12. The summed E-state index contributed by atoms with van der Waals surface area (Å²) in [4.78, 5) is 4.40. The quantitative estimate of drug-likeness (QED) is 0.781. The van der Waals surface area contributed by atoms with Gasteiger partial charge in [-0.2, -0.15) is 9.61 Å². The summed E-state index contributed by atoms with van der Waals surface area (Å²) in [6.07, 6.45) is 0. The van der Waals surface area contributed by atoms with Crippen LogP contribution in [-0.2, 0) is 9.31 Å². The second kappa shape index (κ2) is 4.45. The molecule has 0 aliphatic carbocycles. The molecule has 2 aromatic rings. The van der Waals surface area contributed by atoms with E-state index in [4.69, 9.17) is 14.0 Å². The predicted molar refractivity (Wildman–Crippen MR) is 80.0 cm³/mol. The number of hydrogen-bond donors (Lipinski definition) is 0. The molecule has 0 atom stereocenters. The van der Waals surface area contributed by atoms with E-state index in [2.05, 4.69) is 10.1 Å². The Bertz CT molecular complexity index is 680. The molecule has 0 amide bonds. The molecule has 0 unspecified atom stereocenters. The number of imidazole rings is 1. The van der Waals surface area contributed by atoms with Crippen LogP contribution in [0.4, 0.5) is 0 Å².